The van der Waals surface area contributed by atoms with Crippen molar-refractivity contribution in [1.82, 2.24) is 9.80 Å². The first-order valence-corrected chi connectivity index (χ1v) is 6.22. The molecule has 0 radical (unpaired) electrons. The molecule has 0 aromatic heterocycles. The predicted octanol–water partition coefficient (Wildman–Crippen LogP) is 0.522. The monoisotopic (exact) mass is 227 g/mol. The summed E-state index contributed by atoms with van der Waals surface area (Å²) in [6, 6.07) is -0.00171. The Balaban J connectivity index is 2.63. The van der Waals surface area contributed by atoms with Gasteiger partial charge in [0.2, 0.25) is 5.91 Å². The molecule has 1 rings (SSSR count). The molecule has 16 heavy (non-hydrogen) atoms. The van der Waals surface area contributed by atoms with Gasteiger partial charge in [-0.05, 0) is 32.9 Å². The number of carbonyl (C=O) groups is 1. The lowest BCUT2D eigenvalue weighted by molar-refractivity contribution is -0.135. The van der Waals surface area contributed by atoms with Crippen LogP contribution in [0.3, 0.4) is 0 Å². The number of hydrogen-bond acceptors (Lipinski definition) is 3. The first-order valence-electron chi connectivity index (χ1n) is 6.22. The maximum Gasteiger partial charge on any atom is 0.240 e. The molecule has 4 nitrogen and oxygen atoms in total. The van der Waals surface area contributed by atoms with Crippen LogP contribution >= 0.6 is 0 Å². The van der Waals surface area contributed by atoms with Gasteiger partial charge in [0.05, 0.1) is 6.04 Å². The van der Waals surface area contributed by atoms with E-state index in [0.717, 1.165) is 26.1 Å². The lowest BCUT2D eigenvalue weighted by atomic mass is 10.0. The fourth-order valence-corrected chi connectivity index (χ4v) is 2.24. The molecule has 0 unspecified atom stereocenters. The highest BCUT2D eigenvalue weighted by Crippen LogP contribution is 2.16. The van der Waals surface area contributed by atoms with Crippen LogP contribution in [0, 0.1) is 5.92 Å². The standard InChI is InChI=1S/C12H25N3O/c1-5-15(10-6-7-14(4)8-10)12(16)11(13)9(2)3/h9-11H,5-8,13H2,1-4H3/t10-,11-/m0/s1. The third-order valence-corrected chi connectivity index (χ3v) is 3.43. The zero-order chi connectivity index (χ0) is 12.3. The lowest BCUT2D eigenvalue weighted by Gasteiger charge is -2.31. The average molecular weight is 227 g/mol. The number of nitrogens with two attached hydrogens (primary N) is 1. The van der Waals surface area contributed by atoms with Crippen LogP contribution < -0.4 is 5.73 Å². The van der Waals surface area contributed by atoms with Crippen molar-refractivity contribution in [2.24, 2.45) is 11.7 Å². The van der Waals surface area contributed by atoms with Crippen LogP contribution in [0.25, 0.3) is 0 Å². The third-order valence-electron chi connectivity index (χ3n) is 3.43. The summed E-state index contributed by atoms with van der Waals surface area (Å²) in [6.07, 6.45) is 1.07. The molecule has 1 aliphatic heterocycles. The van der Waals surface area contributed by atoms with E-state index in [4.69, 9.17) is 5.73 Å². The second-order valence-corrected chi connectivity index (χ2v) is 5.10. The number of likely N-dealkylation sites (tertiary alicyclic amines) is 1. The van der Waals surface area contributed by atoms with Gasteiger partial charge in [-0.25, -0.2) is 0 Å². The minimum atomic E-state index is -0.356. The topological polar surface area (TPSA) is 49.6 Å². The molecule has 1 fully saturated rings. The number of carbonyl (C=O) groups excluding carboxylic acids is 1. The maximum absolute atomic E-state index is 12.2. The van der Waals surface area contributed by atoms with Gasteiger partial charge in [-0.1, -0.05) is 13.8 Å². The second kappa shape index (κ2) is 5.64. The molecular weight excluding hydrogens is 202 g/mol. The minimum Gasteiger partial charge on any atom is -0.337 e. The van der Waals surface area contributed by atoms with Crippen LogP contribution in [-0.2, 0) is 4.79 Å². The Morgan fingerprint density at radius 3 is 2.56 bits per heavy atom. The van der Waals surface area contributed by atoms with E-state index in [1.54, 1.807) is 0 Å². The van der Waals surface area contributed by atoms with E-state index >= 15 is 0 Å². The normalized spacial score (nSPS) is 23.8. The molecule has 0 bridgehead atoms. The smallest absolute Gasteiger partial charge is 0.240 e. The largest absolute Gasteiger partial charge is 0.337 e. The van der Waals surface area contributed by atoms with Gasteiger partial charge in [0.15, 0.2) is 0 Å². The molecule has 0 aromatic rings. The van der Waals surface area contributed by atoms with Crippen molar-refractivity contribution in [2.45, 2.75) is 39.3 Å². The van der Waals surface area contributed by atoms with E-state index in [-0.39, 0.29) is 17.9 Å². The Morgan fingerprint density at radius 1 is 1.56 bits per heavy atom. The SMILES string of the molecule is CCN(C(=O)[C@@H](N)C(C)C)[C@H]1CCN(C)C1. The summed E-state index contributed by atoms with van der Waals surface area (Å²) in [5.41, 5.74) is 5.93. The van der Waals surface area contributed by atoms with Gasteiger partial charge in [0.25, 0.3) is 0 Å². The van der Waals surface area contributed by atoms with E-state index in [9.17, 15) is 4.79 Å². The van der Waals surface area contributed by atoms with Crippen LogP contribution in [0.5, 0.6) is 0 Å². The van der Waals surface area contributed by atoms with Crippen LogP contribution in [0.15, 0.2) is 0 Å². The quantitative estimate of drug-likeness (QED) is 0.762. The Hall–Kier alpha value is -0.610. The van der Waals surface area contributed by atoms with E-state index < -0.39 is 0 Å². The number of hydrogen-bond donors (Lipinski definition) is 1. The van der Waals surface area contributed by atoms with Gasteiger partial charge >= 0.3 is 0 Å². The van der Waals surface area contributed by atoms with Crippen LogP contribution in [0.1, 0.15) is 27.2 Å². The molecule has 94 valence electrons. The molecule has 4 heteroatoms. The Morgan fingerprint density at radius 2 is 2.19 bits per heavy atom. The Kier molecular flexibility index (Phi) is 4.74. The lowest BCUT2D eigenvalue weighted by Crippen LogP contribution is -2.51. The fraction of sp³-hybridized carbons (Fsp3) is 0.917. The highest BCUT2D eigenvalue weighted by atomic mass is 16.2. The molecule has 0 saturated carbocycles. The van der Waals surface area contributed by atoms with Crippen molar-refractivity contribution in [3.8, 4) is 0 Å². The van der Waals surface area contributed by atoms with Gasteiger partial charge in [0.1, 0.15) is 0 Å². The zero-order valence-electron chi connectivity index (χ0n) is 10.9. The average Bonchev–Trinajstić information content (AvgIpc) is 2.64. The van der Waals surface area contributed by atoms with Crippen molar-refractivity contribution >= 4 is 5.91 Å². The summed E-state index contributed by atoms with van der Waals surface area (Å²) in [5, 5.41) is 0. The van der Waals surface area contributed by atoms with Crippen LogP contribution in [0.4, 0.5) is 0 Å². The zero-order valence-corrected chi connectivity index (χ0v) is 10.9. The van der Waals surface area contributed by atoms with Crippen molar-refractivity contribution in [1.29, 1.82) is 0 Å². The van der Waals surface area contributed by atoms with Crippen LogP contribution in [-0.4, -0.2) is 54.5 Å². The van der Waals surface area contributed by atoms with E-state index in [2.05, 4.69) is 11.9 Å². The molecule has 1 aliphatic rings. The van der Waals surface area contributed by atoms with E-state index in [0.29, 0.717) is 6.04 Å². The fourth-order valence-electron chi connectivity index (χ4n) is 2.24. The molecule has 0 aliphatic carbocycles. The Labute approximate surface area is 98.8 Å². The highest BCUT2D eigenvalue weighted by molar-refractivity contribution is 5.82. The summed E-state index contributed by atoms with van der Waals surface area (Å²) in [5.74, 6) is 0.318. The third kappa shape index (κ3) is 2.95. The minimum absolute atomic E-state index is 0.109. The molecular formula is C12H25N3O. The summed E-state index contributed by atoms with van der Waals surface area (Å²) < 4.78 is 0. The van der Waals surface area contributed by atoms with Gasteiger partial charge < -0.3 is 15.5 Å². The van der Waals surface area contributed by atoms with E-state index in [1.165, 1.54) is 0 Å². The number of nitrogens with zero attached hydrogens (tertiary/aromatic N) is 2. The molecule has 2 atom stereocenters. The number of likely N-dealkylation sites (N-methyl/N-ethyl adjacent to an activating group) is 2. The van der Waals surface area contributed by atoms with Gasteiger partial charge in [-0.2, -0.15) is 0 Å². The van der Waals surface area contributed by atoms with Gasteiger partial charge in [-0.15, -0.1) is 0 Å². The first-order chi connectivity index (χ1) is 7.47. The van der Waals surface area contributed by atoms with Crippen molar-refractivity contribution in [3.63, 3.8) is 0 Å². The van der Waals surface area contributed by atoms with Gasteiger partial charge in [0, 0.05) is 19.1 Å². The number of rotatable bonds is 4. The van der Waals surface area contributed by atoms with Crippen molar-refractivity contribution in [2.75, 3.05) is 26.7 Å². The van der Waals surface area contributed by atoms with Crippen molar-refractivity contribution < 1.29 is 4.79 Å². The predicted molar refractivity (Wildman–Crippen MR) is 66.1 cm³/mol. The summed E-state index contributed by atoms with van der Waals surface area (Å²) >= 11 is 0. The molecule has 0 aromatic carbocycles. The van der Waals surface area contributed by atoms with E-state index in [1.807, 2.05) is 25.7 Å². The molecule has 1 saturated heterocycles. The first kappa shape index (κ1) is 13.5. The number of amides is 1. The summed E-state index contributed by atoms with van der Waals surface area (Å²) in [4.78, 5) is 16.4. The molecule has 1 amide bonds. The highest BCUT2D eigenvalue weighted by Gasteiger charge is 2.31. The molecule has 1 heterocycles. The summed E-state index contributed by atoms with van der Waals surface area (Å²) in [7, 11) is 2.10. The molecule has 0 spiro atoms. The molecule has 2 N–H and O–H groups in total. The van der Waals surface area contributed by atoms with Crippen LogP contribution in [0.2, 0.25) is 0 Å². The van der Waals surface area contributed by atoms with Crippen molar-refractivity contribution in [3.05, 3.63) is 0 Å². The second-order valence-electron chi connectivity index (χ2n) is 5.10. The van der Waals surface area contributed by atoms with Gasteiger partial charge in [-0.3, -0.25) is 4.79 Å². The Bertz CT molecular complexity index is 242. The summed E-state index contributed by atoms with van der Waals surface area (Å²) in [6.45, 7) is 8.84. The maximum atomic E-state index is 12.2.